The minimum absolute atomic E-state index is 0.0845. The summed E-state index contributed by atoms with van der Waals surface area (Å²) in [6, 6.07) is 3.99. The standard InChI is InChI=1S/C19H24N4O2/c1-14-5-3-9-23-15(12-20-17(14)23)11-16(24)22-10-7-19(13-22)6-4-8-21(2)18(19)25/h3,5,9,12H,4,6-8,10-11,13H2,1-2H3/t19-/m0/s1. The molecule has 1 atom stereocenters. The summed E-state index contributed by atoms with van der Waals surface area (Å²) in [6.07, 6.45) is 6.76. The second-order valence-electron chi connectivity index (χ2n) is 7.49. The van der Waals surface area contributed by atoms with Gasteiger partial charge >= 0.3 is 0 Å². The quantitative estimate of drug-likeness (QED) is 0.835. The molecule has 0 unspecified atom stereocenters. The average molecular weight is 340 g/mol. The van der Waals surface area contributed by atoms with Gasteiger partial charge in [0.15, 0.2) is 0 Å². The van der Waals surface area contributed by atoms with Gasteiger partial charge in [-0.1, -0.05) is 6.07 Å². The summed E-state index contributed by atoms with van der Waals surface area (Å²) in [5, 5.41) is 0. The van der Waals surface area contributed by atoms with Crippen molar-refractivity contribution in [2.75, 3.05) is 26.7 Å². The van der Waals surface area contributed by atoms with Crippen LogP contribution >= 0.6 is 0 Å². The second kappa shape index (κ2) is 5.86. The van der Waals surface area contributed by atoms with Crippen LogP contribution in [0.5, 0.6) is 0 Å². The fourth-order valence-electron chi connectivity index (χ4n) is 4.33. The van der Waals surface area contributed by atoms with Crippen LogP contribution in [0.15, 0.2) is 24.5 Å². The lowest BCUT2D eigenvalue weighted by molar-refractivity contribution is -0.144. The van der Waals surface area contributed by atoms with Gasteiger partial charge < -0.3 is 14.2 Å². The molecule has 1 spiro atoms. The molecular weight excluding hydrogens is 316 g/mol. The number of aromatic nitrogens is 2. The van der Waals surface area contributed by atoms with Crippen molar-refractivity contribution in [3.63, 3.8) is 0 Å². The fourth-order valence-corrected chi connectivity index (χ4v) is 4.33. The lowest BCUT2D eigenvalue weighted by atomic mass is 9.78. The number of rotatable bonds is 2. The Hall–Kier alpha value is -2.37. The minimum atomic E-state index is -0.348. The molecule has 2 aliphatic heterocycles. The smallest absolute Gasteiger partial charge is 0.230 e. The molecule has 2 fully saturated rings. The number of imidazole rings is 1. The SMILES string of the molecule is Cc1cccn2c(CC(=O)N3CC[C@@]4(CCCN(C)C4=O)C3)cnc12. The summed E-state index contributed by atoms with van der Waals surface area (Å²) in [4.78, 5) is 33.6. The third-order valence-corrected chi connectivity index (χ3v) is 5.80. The van der Waals surface area contributed by atoms with Gasteiger partial charge in [-0.2, -0.15) is 0 Å². The highest BCUT2D eigenvalue weighted by atomic mass is 16.2. The predicted octanol–water partition coefficient (Wildman–Crippen LogP) is 1.66. The molecule has 0 aromatic carbocycles. The van der Waals surface area contributed by atoms with E-state index in [1.807, 2.05) is 46.5 Å². The van der Waals surface area contributed by atoms with Gasteiger partial charge in [-0.05, 0) is 37.8 Å². The average Bonchev–Trinajstić information content (AvgIpc) is 3.19. The Labute approximate surface area is 147 Å². The van der Waals surface area contributed by atoms with Crippen LogP contribution in [0.2, 0.25) is 0 Å². The Kier molecular flexibility index (Phi) is 3.78. The molecule has 2 amide bonds. The van der Waals surface area contributed by atoms with Crippen molar-refractivity contribution in [2.45, 2.75) is 32.6 Å². The molecule has 0 saturated carbocycles. The third-order valence-electron chi connectivity index (χ3n) is 5.80. The molecular formula is C19H24N4O2. The van der Waals surface area contributed by atoms with Crippen LogP contribution in [0.1, 0.15) is 30.5 Å². The predicted molar refractivity (Wildman–Crippen MR) is 94.1 cm³/mol. The van der Waals surface area contributed by atoms with Gasteiger partial charge in [0, 0.05) is 39.1 Å². The van der Waals surface area contributed by atoms with Crippen LogP contribution < -0.4 is 0 Å². The van der Waals surface area contributed by atoms with Gasteiger partial charge in [0.1, 0.15) is 5.65 Å². The number of amides is 2. The number of carbonyl (C=O) groups is 2. The Morgan fingerprint density at radius 2 is 2.16 bits per heavy atom. The molecule has 25 heavy (non-hydrogen) atoms. The van der Waals surface area contributed by atoms with Crippen molar-refractivity contribution in [2.24, 2.45) is 5.41 Å². The van der Waals surface area contributed by atoms with Crippen molar-refractivity contribution in [1.82, 2.24) is 19.2 Å². The first-order chi connectivity index (χ1) is 12.0. The van der Waals surface area contributed by atoms with E-state index in [1.165, 1.54) is 0 Å². The number of likely N-dealkylation sites (tertiary alicyclic amines) is 2. The van der Waals surface area contributed by atoms with E-state index >= 15 is 0 Å². The zero-order valence-corrected chi connectivity index (χ0v) is 14.9. The maximum absolute atomic E-state index is 12.8. The molecule has 2 aliphatic rings. The lowest BCUT2D eigenvalue weighted by Gasteiger charge is -2.37. The van der Waals surface area contributed by atoms with E-state index in [0.717, 1.165) is 42.7 Å². The second-order valence-corrected chi connectivity index (χ2v) is 7.49. The van der Waals surface area contributed by atoms with Crippen molar-refractivity contribution in [1.29, 1.82) is 0 Å². The molecule has 6 nitrogen and oxygen atoms in total. The number of piperidine rings is 1. The Balaban J connectivity index is 1.50. The maximum Gasteiger partial charge on any atom is 0.230 e. The molecule has 6 heteroatoms. The summed E-state index contributed by atoms with van der Waals surface area (Å²) in [5.41, 5.74) is 2.54. The van der Waals surface area contributed by atoms with Gasteiger partial charge in [0.2, 0.25) is 11.8 Å². The van der Waals surface area contributed by atoms with Crippen LogP contribution in [0.25, 0.3) is 5.65 Å². The van der Waals surface area contributed by atoms with Crippen molar-refractivity contribution in [3.8, 4) is 0 Å². The number of aryl methyl sites for hydroxylation is 1. The monoisotopic (exact) mass is 340 g/mol. The van der Waals surface area contributed by atoms with E-state index < -0.39 is 0 Å². The first kappa shape index (κ1) is 16.1. The zero-order chi connectivity index (χ0) is 17.6. The van der Waals surface area contributed by atoms with Gasteiger partial charge in [-0.15, -0.1) is 0 Å². The van der Waals surface area contributed by atoms with Crippen LogP contribution in [0.4, 0.5) is 0 Å². The number of carbonyl (C=O) groups excluding carboxylic acids is 2. The Bertz CT molecular complexity index is 843. The van der Waals surface area contributed by atoms with Crippen LogP contribution in [0, 0.1) is 12.3 Å². The van der Waals surface area contributed by atoms with E-state index in [2.05, 4.69) is 4.98 Å². The fraction of sp³-hybridized carbons (Fsp3) is 0.526. The largest absolute Gasteiger partial charge is 0.345 e. The number of nitrogens with zero attached hydrogens (tertiary/aromatic N) is 4. The van der Waals surface area contributed by atoms with Gasteiger partial charge in [-0.3, -0.25) is 9.59 Å². The molecule has 4 heterocycles. The Morgan fingerprint density at radius 3 is 3.00 bits per heavy atom. The van der Waals surface area contributed by atoms with Crippen molar-refractivity contribution in [3.05, 3.63) is 35.8 Å². The van der Waals surface area contributed by atoms with Gasteiger partial charge in [-0.25, -0.2) is 4.98 Å². The van der Waals surface area contributed by atoms with E-state index in [0.29, 0.717) is 19.5 Å². The molecule has 0 bridgehead atoms. The molecule has 0 N–H and O–H groups in total. The van der Waals surface area contributed by atoms with E-state index in [-0.39, 0.29) is 17.2 Å². The van der Waals surface area contributed by atoms with E-state index in [9.17, 15) is 9.59 Å². The minimum Gasteiger partial charge on any atom is -0.345 e. The molecule has 0 radical (unpaired) electrons. The van der Waals surface area contributed by atoms with Gasteiger partial charge in [0.25, 0.3) is 0 Å². The topological polar surface area (TPSA) is 57.9 Å². The van der Waals surface area contributed by atoms with E-state index in [1.54, 1.807) is 6.20 Å². The first-order valence-corrected chi connectivity index (χ1v) is 8.95. The maximum atomic E-state index is 12.8. The first-order valence-electron chi connectivity index (χ1n) is 8.95. The summed E-state index contributed by atoms with van der Waals surface area (Å²) >= 11 is 0. The molecule has 132 valence electrons. The highest BCUT2D eigenvalue weighted by molar-refractivity contribution is 5.86. The van der Waals surface area contributed by atoms with Crippen LogP contribution in [0.3, 0.4) is 0 Å². The molecule has 4 rings (SSSR count). The highest BCUT2D eigenvalue weighted by Crippen LogP contribution is 2.39. The number of hydrogen-bond acceptors (Lipinski definition) is 3. The molecule has 2 aromatic heterocycles. The lowest BCUT2D eigenvalue weighted by Crippen LogP contribution is -2.48. The van der Waals surface area contributed by atoms with Crippen molar-refractivity contribution < 1.29 is 9.59 Å². The van der Waals surface area contributed by atoms with Crippen LogP contribution in [-0.2, 0) is 16.0 Å². The summed E-state index contributed by atoms with van der Waals surface area (Å²) in [5.74, 6) is 0.292. The Morgan fingerprint density at radius 1 is 1.32 bits per heavy atom. The summed E-state index contributed by atoms with van der Waals surface area (Å²) < 4.78 is 1.98. The van der Waals surface area contributed by atoms with Gasteiger partial charge in [0.05, 0.1) is 17.5 Å². The third kappa shape index (κ3) is 2.60. The summed E-state index contributed by atoms with van der Waals surface area (Å²) in [6.45, 7) is 4.08. The molecule has 2 aromatic rings. The number of pyridine rings is 1. The van der Waals surface area contributed by atoms with Crippen LogP contribution in [-0.4, -0.2) is 57.7 Å². The zero-order valence-electron chi connectivity index (χ0n) is 14.9. The van der Waals surface area contributed by atoms with E-state index in [4.69, 9.17) is 0 Å². The van der Waals surface area contributed by atoms with Crippen molar-refractivity contribution >= 4 is 17.5 Å². The summed E-state index contributed by atoms with van der Waals surface area (Å²) in [7, 11) is 1.87. The normalized spacial score (nSPS) is 23.8. The number of fused-ring (bicyclic) bond motifs is 1. The highest BCUT2D eigenvalue weighted by Gasteiger charge is 2.48. The molecule has 0 aliphatic carbocycles. The molecule has 2 saturated heterocycles. The number of hydrogen-bond donors (Lipinski definition) is 0.